The molecule has 1 aromatic rings. The molecule has 0 bridgehead atoms. The molecule has 78 valence electrons. The summed E-state index contributed by atoms with van der Waals surface area (Å²) in [7, 11) is 0. The van der Waals surface area contributed by atoms with Crippen LogP contribution >= 0.6 is 11.6 Å². The Morgan fingerprint density at radius 1 is 1.47 bits per heavy atom. The zero-order valence-electron chi connectivity index (χ0n) is 8.27. The number of alkyl halides is 1. The van der Waals surface area contributed by atoms with E-state index in [1.807, 2.05) is 37.3 Å². The molecule has 0 spiro atoms. The highest BCUT2D eigenvalue weighted by molar-refractivity contribution is 6.30. The van der Waals surface area contributed by atoms with E-state index in [1.54, 1.807) is 0 Å². The van der Waals surface area contributed by atoms with Gasteiger partial charge in [-0.15, -0.1) is 11.6 Å². The molecular formula is C12H11ClO2. The second kappa shape index (κ2) is 3.70. The van der Waals surface area contributed by atoms with E-state index < -0.39 is 11.3 Å². The van der Waals surface area contributed by atoms with Gasteiger partial charge in [0.05, 0.1) is 0 Å². The second-order valence-electron chi connectivity index (χ2n) is 3.73. The molecule has 2 unspecified atom stereocenters. The largest absolute Gasteiger partial charge is 0.480 e. The maximum absolute atomic E-state index is 10.9. The van der Waals surface area contributed by atoms with Crippen LogP contribution in [-0.4, -0.2) is 16.5 Å². The minimum atomic E-state index is -0.967. The van der Waals surface area contributed by atoms with Gasteiger partial charge in [-0.05, 0) is 18.1 Å². The Morgan fingerprint density at radius 2 is 2.13 bits per heavy atom. The quantitative estimate of drug-likeness (QED) is 0.782. The van der Waals surface area contributed by atoms with Gasteiger partial charge < -0.3 is 5.11 Å². The van der Waals surface area contributed by atoms with Crippen LogP contribution in [0.1, 0.15) is 24.0 Å². The summed E-state index contributed by atoms with van der Waals surface area (Å²) in [6.45, 7) is 1.92. The molecule has 2 rings (SSSR count). The van der Waals surface area contributed by atoms with Crippen molar-refractivity contribution in [3.8, 4) is 0 Å². The standard InChI is InChI=1S/C12H11ClO2/c1-7-6-8-4-2-3-5-9(8)10(7)11(13)12(14)15/h2-6,10-11H,1H3,(H,14,15). The highest BCUT2D eigenvalue weighted by Crippen LogP contribution is 2.40. The predicted molar refractivity (Wildman–Crippen MR) is 60.1 cm³/mol. The molecule has 0 heterocycles. The number of hydrogen-bond donors (Lipinski definition) is 1. The number of carbonyl (C=O) groups is 1. The van der Waals surface area contributed by atoms with Gasteiger partial charge in [0.25, 0.3) is 0 Å². The van der Waals surface area contributed by atoms with Crippen LogP contribution in [-0.2, 0) is 4.79 Å². The molecule has 2 nitrogen and oxygen atoms in total. The third kappa shape index (κ3) is 1.65. The Hall–Kier alpha value is -1.28. The number of aliphatic carboxylic acids is 1. The summed E-state index contributed by atoms with van der Waals surface area (Å²) in [6, 6.07) is 7.76. The van der Waals surface area contributed by atoms with Gasteiger partial charge in [0.15, 0.2) is 0 Å². The molecule has 0 saturated carbocycles. The smallest absolute Gasteiger partial charge is 0.322 e. The van der Waals surface area contributed by atoms with Crippen molar-refractivity contribution in [3.05, 3.63) is 41.0 Å². The average molecular weight is 223 g/mol. The van der Waals surface area contributed by atoms with Gasteiger partial charge in [-0.3, -0.25) is 4.79 Å². The van der Waals surface area contributed by atoms with Crippen LogP contribution in [0.2, 0.25) is 0 Å². The van der Waals surface area contributed by atoms with E-state index in [2.05, 4.69) is 0 Å². The highest BCUT2D eigenvalue weighted by Gasteiger charge is 2.32. The third-order valence-electron chi connectivity index (χ3n) is 2.73. The molecule has 2 atom stereocenters. The lowest BCUT2D eigenvalue weighted by Crippen LogP contribution is -2.22. The van der Waals surface area contributed by atoms with Crippen molar-refractivity contribution in [2.24, 2.45) is 0 Å². The molecular weight excluding hydrogens is 212 g/mol. The monoisotopic (exact) mass is 222 g/mol. The van der Waals surface area contributed by atoms with E-state index in [0.717, 1.165) is 16.7 Å². The summed E-state index contributed by atoms with van der Waals surface area (Å²) >= 11 is 5.90. The lowest BCUT2D eigenvalue weighted by Gasteiger charge is -2.16. The van der Waals surface area contributed by atoms with E-state index in [0.29, 0.717) is 0 Å². The van der Waals surface area contributed by atoms with Gasteiger partial charge in [-0.1, -0.05) is 35.9 Å². The van der Waals surface area contributed by atoms with Crippen molar-refractivity contribution in [1.29, 1.82) is 0 Å². The van der Waals surface area contributed by atoms with E-state index >= 15 is 0 Å². The molecule has 0 amide bonds. The van der Waals surface area contributed by atoms with Crippen LogP contribution in [0.5, 0.6) is 0 Å². The van der Waals surface area contributed by atoms with Gasteiger partial charge in [-0.2, -0.15) is 0 Å². The van der Waals surface area contributed by atoms with E-state index in [9.17, 15) is 4.79 Å². The van der Waals surface area contributed by atoms with Crippen LogP contribution in [0.4, 0.5) is 0 Å². The molecule has 0 aliphatic heterocycles. The Labute approximate surface area is 93.2 Å². The Bertz CT molecular complexity index is 437. The normalized spacial score (nSPS) is 20.7. The lowest BCUT2D eigenvalue weighted by atomic mass is 9.93. The van der Waals surface area contributed by atoms with Gasteiger partial charge in [-0.25, -0.2) is 0 Å². The lowest BCUT2D eigenvalue weighted by molar-refractivity contribution is -0.136. The maximum Gasteiger partial charge on any atom is 0.322 e. The summed E-state index contributed by atoms with van der Waals surface area (Å²) in [5, 5.41) is 8.04. The molecule has 1 aromatic carbocycles. The number of allylic oxidation sites excluding steroid dienone is 1. The highest BCUT2D eigenvalue weighted by atomic mass is 35.5. The van der Waals surface area contributed by atoms with Crippen molar-refractivity contribution in [3.63, 3.8) is 0 Å². The Balaban J connectivity index is 2.43. The predicted octanol–water partition coefficient (Wildman–Crippen LogP) is 2.88. The minimum Gasteiger partial charge on any atom is -0.480 e. The number of carboxylic acids is 1. The summed E-state index contributed by atoms with van der Waals surface area (Å²) < 4.78 is 0. The van der Waals surface area contributed by atoms with Crippen molar-refractivity contribution in [2.45, 2.75) is 18.2 Å². The van der Waals surface area contributed by atoms with Crippen LogP contribution in [0.15, 0.2) is 29.8 Å². The molecule has 1 N–H and O–H groups in total. The summed E-state index contributed by atoms with van der Waals surface area (Å²) in [5.41, 5.74) is 3.10. The molecule has 0 fully saturated rings. The Morgan fingerprint density at radius 3 is 2.80 bits per heavy atom. The summed E-state index contributed by atoms with van der Waals surface area (Å²) in [6.07, 6.45) is 2.00. The number of halogens is 1. The van der Waals surface area contributed by atoms with E-state index in [4.69, 9.17) is 16.7 Å². The van der Waals surface area contributed by atoms with E-state index in [1.165, 1.54) is 0 Å². The molecule has 0 saturated heterocycles. The number of carboxylic acid groups (broad SMARTS) is 1. The Kier molecular flexibility index (Phi) is 2.53. The van der Waals surface area contributed by atoms with Gasteiger partial charge >= 0.3 is 5.97 Å². The molecule has 1 aliphatic carbocycles. The van der Waals surface area contributed by atoms with Gasteiger partial charge in [0.2, 0.25) is 0 Å². The van der Waals surface area contributed by atoms with Gasteiger partial charge in [0.1, 0.15) is 5.38 Å². The zero-order chi connectivity index (χ0) is 11.0. The second-order valence-corrected chi connectivity index (χ2v) is 4.21. The fraction of sp³-hybridized carbons (Fsp3) is 0.250. The number of rotatable bonds is 2. The minimum absolute atomic E-state index is 0.194. The number of fused-ring (bicyclic) bond motifs is 1. The van der Waals surface area contributed by atoms with Crippen molar-refractivity contribution >= 4 is 23.6 Å². The topological polar surface area (TPSA) is 37.3 Å². The van der Waals surface area contributed by atoms with Crippen LogP contribution in [0.25, 0.3) is 6.08 Å². The summed E-state index contributed by atoms with van der Waals surface area (Å²) in [5.74, 6) is -1.16. The molecule has 0 radical (unpaired) electrons. The van der Waals surface area contributed by atoms with Crippen molar-refractivity contribution in [1.82, 2.24) is 0 Å². The number of benzene rings is 1. The van der Waals surface area contributed by atoms with Crippen molar-refractivity contribution < 1.29 is 9.90 Å². The van der Waals surface area contributed by atoms with Crippen LogP contribution in [0.3, 0.4) is 0 Å². The first kappa shape index (κ1) is 10.2. The third-order valence-corrected chi connectivity index (χ3v) is 3.17. The molecule has 15 heavy (non-hydrogen) atoms. The van der Waals surface area contributed by atoms with Crippen LogP contribution < -0.4 is 0 Å². The summed E-state index contributed by atoms with van der Waals surface area (Å²) in [4.78, 5) is 10.9. The van der Waals surface area contributed by atoms with Gasteiger partial charge in [0, 0.05) is 5.92 Å². The SMILES string of the molecule is CC1=Cc2ccccc2C1C(Cl)C(=O)O. The average Bonchev–Trinajstić information content (AvgIpc) is 2.52. The fourth-order valence-corrected chi connectivity index (χ4v) is 2.37. The fourth-order valence-electron chi connectivity index (χ4n) is 2.04. The first-order chi connectivity index (χ1) is 7.11. The first-order valence-electron chi connectivity index (χ1n) is 4.75. The van der Waals surface area contributed by atoms with E-state index in [-0.39, 0.29) is 5.92 Å². The zero-order valence-corrected chi connectivity index (χ0v) is 9.03. The maximum atomic E-state index is 10.9. The van der Waals surface area contributed by atoms with Crippen molar-refractivity contribution in [2.75, 3.05) is 0 Å². The molecule has 3 heteroatoms. The molecule has 1 aliphatic rings. The first-order valence-corrected chi connectivity index (χ1v) is 5.19. The van der Waals surface area contributed by atoms with Crippen LogP contribution in [0, 0.1) is 0 Å². The molecule has 0 aromatic heterocycles. The number of hydrogen-bond acceptors (Lipinski definition) is 1.